The first-order valence-corrected chi connectivity index (χ1v) is 6.43. The Morgan fingerprint density at radius 3 is 2.62 bits per heavy atom. The highest BCUT2D eigenvalue weighted by molar-refractivity contribution is 6.36. The summed E-state index contributed by atoms with van der Waals surface area (Å²) in [7, 11) is 0. The number of pyridine rings is 1. The van der Waals surface area contributed by atoms with E-state index in [0.29, 0.717) is 11.3 Å². The van der Waals surface area contributed by atoms with Crippen molar-refractivity contribution in [3.05, 3.63) is 50.0 Å². The monoisotopic (exact) mass is 328 g/mol. The van der Waals surface area contributed by atoms with E-state index in [2.05, 4.69) is 10.4 Å². The number of aryl methyl sites for hydroxylation is 1. The van der Waals surface area contributed by atoms with E-state index in [1.54, 1.807) is 6.92 Å². The molecular formula is C12H10Cl2N4O3. The molecule has 0 unspecified atom stereocenters. The summed E-state index contributed by atoms with van der Waals surface area (Å²) in [4.78, 5) is 14.2. The van der Waals surface area contributed by atoms with Gasteiger partial charge in [-0.25, -0.2) is 5.84 Å². The predicted molar refractivity (Wildman–Crippen MR) is 80.0 cm³/mol. The van der Waals surface area contributed by atoms with Crippen LogP contribution < -0.4 is 16.0 Å². The van der Waals surface area contributed by atoms with Gasteiger partial charge in [-0.15, -0.1) is 0 Å². The third-order valence-electron chi connectivity index (χ3n) is 2.61. The van der Waals surface area contributed by atoms with Crippen LogP contribution in [-0.2, 0) is 0 Å². The van der Waals surface area contributed by atoms with Crippen LogP contribution in [0.15, 0.2) is 24.3 Å². The van der Waals surface area contributed by atoms with Gasteiger partial charge in [0.15, 0.2) is 5.82 Å². The third-order valence-corrected chi connectivity index (χ3v) is 3.17. The van der Waals surface area contributed by atoms with E-state index in [1.807, 2.05) is 0 Å². The van der Waals surface area contributed by atoms with E-state index in [0.717, 1.165) is 0 Å². The minimum absolute atomic E-state index is 0.0284. The molecule has 0 atom stereocenters. The number of nitrogens with two attached hydrogens (primary N) is 1. The van der Waals surface area contributed by atoms with E-state index in [1.165, 1.54) is 24.3 Å². The summed E-state index contributed by atoms with van der Waals surface area (Å²) in [5.41, 5.74) is 2.86. The van der Waals surface area contributed by atoms with Gasteiger partial charge in [0, 0.05) is 12.1 Å². The number of nitrogens with zero attached hydrogens (tertiary/aromatic N) is 2. The number of hydrazine groups is 1. The largest absolute Gasteiger partial charge is 0.437 e. The molecule has 0 aliphatic carbocycles. The Bertz CT molecular complexity index is 709. The molecule has 110 valence electrons. The number of anilines is 1. The Balaban J connectivity index is 2.36. The summed E-state index contributed by atoms with van der Waals surface area (Å²) in [5, 5.41) is 11.1. The fourth-order valence-electron chi connectivity index (χ4n) is 1.59. The number of nitrogens with one attached hydrogen (secondary N) is 1. The average Bonchev–Trinajstić information content (AvgIpc) is 2.43. The van der Waals surface area contributed by atoms with Gasteiger partial charge in [0.2, 0.25) is 5.88 Å². The van der Waals surface area contributed by atoms with E-state index in [4.69, 9.17) is 33.8 Å². The molecule has 0 bridgehead atoms. The van der Waals surface area contributed by atoms with Crippen LogP contribution in [0.25, 0.3) is 0 Å². The molecule has 2 rings (SSSR count). The lowest BCUT2D eigenvalue weighted by Gasteiger charge is -2.11. The number of nitrogen functional groups attached to an aromatic ring is 1. The van der Waals surface area contributed by atoms with Gasteiger partial charge < -0.3 is 10.2 Å². The first-order valence-electron chi connectivity index (χ1n) is 5.68. The molecule has 0 saturated carbocycles. The van der Waals surface area contributed by atoms with Gasteiger partial charge in [0.05, 0.1) is 9.95 Å². The highest BCUT2D eigenvalue weighted by Crippen LogP contribution is 2.34. The molecular weight excluding hydrogens is 319 g/mol. The second-order valence-corrected chi connectivity index (χ2v) is 4.87. The van der Waals surface area contributed by atoms with Crippen molar-refractivity contribution in [2.24, 2.45) is 5.84 Å². The molecule has 1 aromatic carbocycles. The van der Waals surface area contributed by atoms with Crippen LogP contribution >= 0.6 is 23.2 Å². The molecule has 0 amide bonds. The lowest BCUT2D eigenvalue weighted by Crippen LogP contribution is -2.09. The summed E-state index contributed by atoms with van der Waals surface area (Å²) in [6, 6.07) is 5.62. The molecule has 2 aromatic rings. The molecule has 1 heterocycles. The maximum Gasteiger partial charge on any atom is 0.269 e. The molecule has 3 N–H and O–H groups in total. The lowest BCUT2D eigenvalue weighted by atomic mass is 10.2. The van der Waals surface area contributed by atoms with Gasteiger partial charge in [0.25, 0.3) is 5.69 Å². The minimum atomic E-state index is -0.485. The lowest BCUT2D eigenvalue weighted by molar-refractivity contribution is -0.384. The number of halogens is 2. The molecule has 0 fully saturated rings. The number of rotatable bonds is 4. The zero-order valence-electron chi connectivity index (χ0n) is 10.8. The van der Waals surface area contributed by atoms with Crippen LogP contribution in [-0.4, -0.2) is 9.91 Å². The van der Waals surface area contributed by atoms with Gasteiger partial charge in [-0.1, -0.05) is 23.2 Å². The average molecular weight is 329 g/mol. The van der Waals surface area contributed by atoms with Crippen molar-refractivity contribution in [1.29, 1.82) is 0 Å². The minimum Gasteiger partial charge on any atom is -0.437 e. The van der Waals surface area contributed by atoms with Gasteiger partial charge in [-0.3, -0.25) is 10.1 Å². The zero-order valence-corrected chi connectivity index (χ0v) is 12.3. The predicted octanol–water partition coefficient (Wildman–Crippen LogP) is 3.68. The number of nitro benzene ring substituents is 1. The van der Waals surface area contributed by atoms with Gasteiger partial charge in [0.1, 0.15) is 10.8 Å². The number of benzene rings is 1. The van der Waals surface area contributed by atoms with Crippen LogP contribution in [0, 0.1) is 17.0 Å². The fraction of sp³-hybridized carbons (Fsp3) is 0.0833. The number of non-ortho nitro benzene ring substituents is 1. The quantitative estimate of drug-likeness (QED) is 0.504. The highest BCUT2D eigenvalue weighted by atomic mass is 35.5. The Morgan fingerprint density at radius 1 is 1.33 bits per heavy atom. The zero-order chi connectivity index (χ0) is 15.6. The van der Waals surface area contributed by atoms with E-state index in [-0.39, 0.29) is 27.4 Å². The first kappa shape index (κ1) is 15.3. The van der Waals surface area contributed by atoms with Crippen molar-refractivity contribution in [3.8, 4) is 11.6 Å². The van der Waals surface area contributed by atoms with Crippen LogP contribution in [0.1, 0.15) is 5.56 Å². The smallest absolute Gasteiger partial charge is 0.269 e. The number of hydrogen-bond donors (Lipinski definition) is 2. The first-order chi connectivity index (χ1) is 9.92. The molecule has 0 aliphatic rings. The summed E-state index contributed by atoms with van der Waals surface area (Å²) >= 11 is 11.9. The number of ether oxygens (including phenoxy) is 1. The van der Waals surface area contributed by atoms with E-state index < -0.39 is 4.92 Å². The molecule has 21 heavy (non-hydrogen) atoms. The van der Waals surface area contributed by atoms with Crippen LogP contribution in [0.4, 0.5) is 11.5 Å². The van der Waals surface area contributed by atoms with Crippen LogP contribution in [0.5, 0.6) is 11.6 Å². The van der Waals surface area contributed by atoms with Crippen molar-refractivity contribution in [2.75, 3.05) is 5.43 Å². The molecule has 0 saturated heterocycles. The van der Waals surface area contributed by atoms with Crippen molar-refractivity contribution in [3.63, 3.8) is 0 Å². The van der Waals surface area contributed by atoms with Gasteiger partial charge >= 0.3 is 0 Å². The van der Waals surface area contributed by atoms with Crippen LogP contribution in [0.2, 0.25) is 10.0 Å². The molecule has 0 spiro atoms. The van der Waals surface area contributed by atoms with Gasteiger partial charge in [-0.05, 0) is 24.6 Å². The summed E-state index contributed by atoms with van der Waals surface area (Å²) in [6.45, 7) is 1.67. The van der Waals surface area contributed by atoms with E-state index >= 15 is 0 Å². The maximum atomic E-state index is 10.7. The molecule has 7 nitrogen and oxygen atoms in total. The van der Waals surface area contributed by atoms with Crippen molar-refractivity contribution >= 4 is 34.7 Å². The van der Waals surface area contributed by atoms with Crippen LogP contribution in [0.3, 0.4) is 0 Å². The standard InChI is InChI=1S/C12H10Cl2N4O3/c1-6-4-7(18(19)20)2-3-10(6)21-12-9(14)5-8(13)11(16-12)17-15/h2-5H,15H2,1H3,(H,16,17). The topological polar surface area (TPSA) is 103 Å². The fourth-order valence-corrected chi connectivity index (χ4v) is 2.04. The molecule has 9 heteroatoms. The normalized spacial score (nSPS) is 10.3. The number of aromatic nitrogens is 1. The molecule has 1 aromatic heterocycles. The number of hydrogen-bond acceptors (Lipinski definition) is 6. The highest BCUT2D eigenvalue weighted by Gasteiger charge is 2.14. The van der Waals surface area contributed by atoms with Crippen molar-refractivity contribution in [1.82, 2.24) is 4.98 Å². The summed E-state index contributed by atoms with van der Waals surface area (Å²) < 4.78 is 5.55. The summed E-state index contributed by atoms with van der Waals surface area (Å²) in [6.07, 6.45) is 0. The van der Waals surface area contributed by atoms with Crippen molar-refractivity contribution < 1.29 is 9.66 Å². The Labute approximate surface area is 129 Å². The molecule has 0 aliphatic heterocycles. The van der Waals surface area contributed by atoms with E-state index in [9.17, 15) is 10.1 Å². The van der Waals surface area contributed by atoms with Crippen molar-refractivity contribution in [2.45, 2.75) is 6.92 Å². The van der Waals surface area contributed by atoms with Gasteiger partial charge in [-0.2, -0.15) is 4.98 Å². The SMILES string of the molecule is Cc1cc([N+](=O)[O-])ccc1Oc1nc(NN)c(Cl)cc1Cl. The summed E-state index contributed by atoms with van der Waals surface area (Å²) in [5.74, 6) is 5.96. The molecule has 0 radical (unpaired) electrons. The Hall–Kier alpha value is -2.09. The second-order valence-electron chi connectivity index (χ2n) is 4.06. The maximum absolute atomic E-state index is 10.7. The Kier molecular flexibility index (Phi) is 4.46. The Morgan fingerprint density at radius 2 is 2.05 bits per heavy atom. The third kappa shape index (κ3) is 3.33. The second kappa shape index (κ2) is 6.13. The number of nitro groups is 1.